The average molecular weight is 323 g/mol. The zero-order chi connectivity index (χ0) is 16.0. The number of likely N-dealkylation sites (tertiary alicyclic amines) is 1. The lowest BCUT2D eigenvalue weighted by molar-refractivity contribution is -0.122. The molecule has 3 aliphatic rings. The van der Waals surface area contributed by atoms with E-state index in [-0.39, 0.29) is 11.4 Å². The second-order valence-electron chi connectivity index (χ2n) is 7.46. The molecule has 0 unspecified atom stereocenters. The van der Waals surface area contributed by atoms with Gasteiger partial charge in [-0.25, -0.2) is 0 Å². The summed E-state index contributed by atoms with van der Waals surface area (Å²) in [6.45, 7) is 8.05. The third-order valence-electron chi connectivity index (χ3n) is 5.91. The van der Waals surface area contributed by atoms with Crippen molar-refractivity contribution < 1.29 is 9.53 Å². The summed E-state index contributed by atoms with van der Waals surface area (Å²) in [5.74, 6) is 0.240. The predicted octanol–water partition coefficient (Wildman–Crippen LogP) is 1.62. The molecule has 0 bridgehead atoms. The molecule has 23 heavy (non-hydrogen) atoms. The van der Waals surface area contributed by atoms with Gasteiger partial charge in [-0.2, -0.15) is 0 Å². The van der Waals surface area contributed by atoms with E-state index in [1.54, 1.807) is 0 Å². The van der Waals surface area contributed by atoms with Crippen LogP contribution < -0.4 is 5.32 Å². The molecular formula is C18H33N3O2. The van der Waals surface area contributed by atoms with Crippen LogP contribution in [-0.2, 0) is 9.53 Å². The fourth-order valence-electron chi connectivity index (χ4n) is 4.47. The molecule has 2 aliphatic heterocycles. The first-order chi connectivity index (χ1) is 11.3. The second-order valence-corrected chi connectivity index (χ2v) is 7.46. The van der Waals surface area contributed by atoms with E-state index in [1.165, 1.54) is 51.6 Å². The van der Waals surface area contributed by atoms with Gasteiger partial charge in [-0.05, 0) is 51.7 Å². The minimum Gasteiger partial charge on any atom is -0.379 e. The van der Waals surface area contributed by atoms with Crippen LogP contribution in [0, 0.1) is 0 Å². The molecule has 1 N–H and O–H groups in total. The first-order valence-corrected chi connectivity index (χ1v) is 9.60. The molecule has 2 heterocycles. The van der Waals surface area contributed by atoms with E-state index >= 15 is 0 Å². The maximum atomic E-state index is 12.2. The van der Waals surface area contributed by atoms with Gasteiger partial charge in [-0.15, -0.1) is 0 Å². The number of hydrogen-bond donors (Lipinski definition) is 1. The Kier molecular flexibility index (Phi) is 6.31. The number of hydrogen-bond acceptors (Lipinski definition) is 4. The standard InChI is InChI=1S/C18H33N3O2/c22-17(6-5-9-20-12-14-23-15-13-20)19-16-18(7-1-2-8-18)21-10-3-4-11-21/h1-16H2,(H,19,22). The lowest BCUT2D eigenvalue weighted by Gasteiger charge is -2.39. The minimum atomic E-state index is 0.240. The van der Waals surface area contributed by atoms with E-state index in [9.17, 15) is 4.79 Å². The Balaban J connectivity index is 1.37. The molecule has 132 valence electrons. The van der Waals surface area contributed by atoms with Crippen LogP contribution in [0.15, 0.2) is 0 Å². The molecule has 1 amide bonds. The highest BCUT2D eigenvalue weighted by atomic mass is 16.5. The van der Waals surface area contributed by atoms with Crippen LogP contribution in [0.2, 0.25) is 0 Å². The van der Waals surface area contributed by atoms with E-state index in [2.05, 4.69) is 15.1 Å². The van der Waals surface area contributed by atoms with Crippen molar-refractivity contribution in [2.24, 2.45) is 0 Å². The van der Waals surface area contributed by atoms with E-state index in [0.29, 0.717) is 6.42 Å². The smallest absolute Gasteiger partial charge is 0.220 e. The van der Waals surface area contributed by atoms with Crippen molar-refractivity contribution in [1.82, 2.24) is 15.1 Å². The fourth-order valence-corrected chi connectivity index (χ4v) is 4.47. The zero-order valence-electron chi connectivity index (χ0n) is 14.5. The Morgan fingerprint density at radius 2 is 1.70 bits per heavy atom. The number of amides is 1. The summed E-state index contributed by atoms with van der Waals surface area (Å²) in [4.78, 5) is 17.3. The molecule has 0 aromatic heterocycles. The monoisotopic (exact) mass is 323 g/mol. The summed E-state index contributed by atoms with van der Waals surface area (Å²) < 4.78 is 5.36. The lowest BCUT2D eigenvalue weighted by Crippen LogP contribution is -2.53. The summed E-state index contributed by atoms with van der Waals surface area (Å²) >= 11 is 0. The van der Waals surface area contributed by atoms with Crippen molar-refractivity contribution >= 4 is 5.91 Å². The molecule has 0 atom stereocenters. The molecule has 5 nitrogen and oxygen atoms in total. The van der Waals surface area contributed by atoms with E-state index in [4.69, 9.17) is 4.74 Å². The molecule has 3 fully saturated rings. The molecular weight excluding hydrogens is 290 g/mol. The zero-order valence-corrected chi connectivity index (χ0v) is 14.5. The molecule has 0 radical (unpaired) electrons. The van der Waals surface area contributed by atoms with Crippen molar-refractivity contribution in [2.45, 2.75) is 56.9 Å². The number of nitrogens with zero attached hydrogens (tertiary/aromatic N) is 2. The molecule has 0 aromatic carbocycles. The summed E-state index contributed by atoms with van der Waals surface area (Å²) in [5, 5.41) is 3.26. The number of carbonyl (C=O) groups is 1. The van der Waals surface area contributed by atoms with Crippen LogP contribution in [0.5, 0.6) is 0 Å². The number of ether oxygens (including phenoxy) is 1. The number of rotatable bonds is 7. The molecule has 0 spiro atoms. The summed E-state index contributed by atoms with van der Waals surface area (Å²) in [5.41, 5.74) is 0.274. The highest BCUT2D eigenvalue weighted by Crippen LogP contribution is 2.36. The Morgan fingerprint density at radius 1 is 1.00 bits per heavy atom. The van der Waals surface area contributed by atoms with Gasteiger partial charge in [0.15, 0.2) is 0 Å². The largest absolute Gasteiger partial charge is 0.379 e. The maximum Gasteiger partial charge on any atom is 0.220 e. The lowest BCUT2D eigenvalue weighted by atomic mass is 9.95. The Labute approximate surface area is 140 Å². The van der Waals surface area contributed by atoms with E-state index in [0.717, 1.165) is 45.8 Å². The van der Waals surface area contributed by atoms with Crippen LogP contribution >= 0.6 is 0 Å². The molecule has 2 saturated heterocycles. The van der Waals surface area contributed by atoms with Crippen LogP contribution in [-0.4, -0.2) is 73.7 Å². The van der Waals surface area contributed by atoms with Gasteiger partial charge in [0, 0.05) is 31.6 Å². The Bertz CT molecular complexity index is 370. The van der Waals surface area contributed by atoms with Crippen molar-refractivity contribution in [3.63, 3.8) is 0 Å². The van der Waals surface area contributed by atoms with Crippen molar-refractivity contribution in [3.05, 3.63) is 0 Å². The van der Waals surface area contributed by atoms with Crippen molar-refractivity contribution in [3.8, 4) is 0 Å². The fraction of sp³-hybridized carbons (Fsp3) is 0.944. The second kappa shape index (κ2) is 8.45. The number of morpholine rings is 1. The van der Waals surface area contributed by atoms with Gasteiger partial charge < -0.3 is 10.1 Å². The Hall–Kier alpha value is -0.650. The van der Waals surface area contributed by atoms with Crippen molar-refractivity contribution in [2.75, 3.05) is 52.5 Å². The molecule has 1 aliphatic carbocycles. The first kappa shape index (κ1) is 17.2. The third-order valence-corrected chi connectivity index (χ3v) is 5.91. The molecule has 0 aromatic rings. The van der Waals surface area contributed by atoms with Gasteiger partial charge >= 0.3 is 0 Å². The molecule has 1 saturated carbocycles. The maximum absolute atomic E-state index is 12.2. The van der Waals surface area contributed by atoms with Gasteiger partial charge in [0.25, 0.3) is 0 Å². The molecule has 5 heteroatoms. The SMILES string of the molecule is O=C(CCCN1CCOCC1)NCC1(N2CCCC2)CCCC1. The van der Waals surface area contributed by atoms with Crippen LogP contribution in [0.1, 0.15) is 51.4 Å². The van der Waals surface area contributed by atoms with Crippen LogP contribution in [0.3, 0.4) is 0 Å². The number of carbonyl (C=O) groups excluding carboxylic acids is 1. The van der Waals surface area contributed by atoms with Crippen LogP contribution in [0.4, 0.5) is 0 Å². The summed E-state index contributed by atoms with van der Waals surface area (Å²) in [6.07, 6.45) is 9.45. The highest BCUT2D eigenvalue weighted by molar-refractivity contribution is 5.75. The highest BCUT2D eigenvalue weighted by Gasteiger charge is 2.40. The summed E-state index contributed by atoms with van der Waals surface area (Å²) in [6, 6.07) is 0. The average Bonchev–Trinajstić information content (AvgIpc) is 3.26. The van der Waals surface area contributed by atoms with Gasteiger partial charge in [0.2, 0.25) is 5.91 Å². The molecule has 3 rings (SSSR count). The van der Waals surface area contributed by atoms with Gasteiger partial charge in [-0.3, -0.25) is 14.6 Å². The van der Waals surface area contributed by atoms with Gasteiger partial charge in [0.1, 0.15) is 0 Å². The van der Waals surface area contributed by atoms with Gasteiger partial charge in [0.05, 0.1) is 13.2 Å². The summed E-state index contributed by atoms with van der Waals surface area (Å²) in [7, 11) is 0. The normalized spacial score (nSPS) is 25.7. The first-order valence-electron chi connectivity index (χ1n) is 9.60. The van der Waals surface area contributed by atoms with Crippen LogP contribution in [0.25, 0.3) is 0 Å². The van der Waals surface area contributed by atoms with E-state index < -0.39 is 0 Å². The van der Waals surface area contributed by atoms with Gasteiger partial charge in [-0.1, -0.05) is 12.8 Å². The topological polar surface area (TPSA) is 44.8 Å². The predicted molar refractivity (Wildman–Crippen MR) is 91.5 cm³/mol. The quantitative estimate of drug-likeness (QED) is 0.773. The minimum absolute atomic E-state index is 0.240. The van der Waals surface area contributed by atoms with E-state index in [1.807, 2.05) is 0 Å². The number of nitrogens with one attached hydrogen (secondary N) is 1. The third kappa shape index (κ3) is 4.68. The van der Waals surface area contributed by atoms with Crippen molar-refractivity contribution in [1.29, 1.82) is 0 Å². The Morgan fingerprint density at radius 3 is 2.39 bits per heavy atom.